The van der Waals surface area contributed by atoms with Crippen molar-refractivity contribution in [2.45, 2.75) is 39.3 Å². The summed E-state index contributed by atoms with van der Waals surface area (Å²) in [7, 11) is 1.82. The van der Waals surface area contributed by atoms with Gasteiger partial charge in [-0.1, -0.05) is 6.07 Å². The predicted molar refractivity (Wildman–Crippen MR) is 108 cm³/mol. The molecule has 2 saturated heterocycles. The Morgan fingerprint density at radius 1 is 1.19 bits per heavy atom. The van der Waals surface area contributed by atoms with E-state index in [2.05, 4.69) is 38.1 Å². The summed E-state index contributed by atoms with van der Waals surface area (Å²) in [5.74, 6) is 1.19. The number of aromatic nitrogens is 1. The Kier molecular flexibility index (Phi) is 6.66. The lowest BCUT2D eigenvalue weighted by Crippen LogP contribution is -2.57. The highest BCUT2D eigenvalue weighted by Crippen LogP contribution is 2.14. The molecule has 1 aromatic rings. The van der Waals surface area contributed by atoms with Crippen molar-refractivity contribution in [3.05, 3.63) is 29.6 Å². The number of carbonyl (C=O) groups excluding carboxylic acids is 1. The molecular weight excluding hydrogens is 340 g/mol. The molecule has 3 heterocycles. The van der Waals surface area contributed by atoms with E-state index in [0.29, 0.717) is 6.54 Å². The van der Waals surface area contributed by atoms with Crippen LogP contribution in [-0.2, 0) is 11.3 Å². The van der Waals surface area contributed by atoms with Gasteiger partial charge in [-0.05, 0) is 38.3 Å². The van der Waals surface area contributed by atoms with Gasteiger partial charge in [0.1, 0.15) is 0 Å². The summed E-state index contributed by atoms with van der Waals surface area (Å²) >= 11 is 0. The molecule has 2 fully saturated rings. The summed E-state index contributed by atoms with van der Waals surface area (Å²) in [6, 6.07) is 4.00. The molecule has 7 nitrogen and oxygen atoms in total. The minimum atomic E-state index is -0.0311. The summed E-state index contributed by atoms with van der Waals surface area (Å²) < 4.78 is 0. The molecule has 0 aliphatic carbocycles. The van der Waals surface area contributed by atoms with E-state index >= 15 is 0 Å². The molecule has 1 amide bonds. The fourth-order valence-electron chi connectivity index (χ4n) is 3.88. The van der Waals surface area contributed by atoms with Crippen molar-refractivity contribution in [2.75, 3.05) is 46.3 Å². The number of nitrogens with zero attached hydrogens (tertiary/aromatic N) is 5. The molecule has 2 aliphatic rings. The van der Waals surface area contributed by atoms with Crippen LogP contribution in [0.1, 0.15) is 31.0 Å². The van der Waals surface area contributed by atoms with Crippen molar-refractivity contribution in [3.8, 4) is 0 Å². The molecule has 3 rings (SSSR count). The first kappa shape index (κ1) is 19.6. The second kappa shape index (κ2) is 9.17. The Balaban J connectivity index is 1.49. The van der Waals surface area contributed by atoms with Crippen LogP contribution in [0.5, 0.6) is 0 Å². The monoisotopic (exact) mass is 372 g/mol. The largest absolute Gasteiger partial charge is 0.351 e. The van der Waals surface area contributed by atoms with Gasteiger partial charge in [-0.2, -0.15) is 0 Å². The third kappa shape index (κ3) is 4.77. The lowest BCUT2D eigenvalue weighted by Gasteiger charge is -2.39. The van der Waals surface area contributed by atoms with Crippen LogP contribution in [0.25, 0.3) is 0 Å². The second-order valence-electron chi connectivity index (χ2n) is 7.40. The molecule has 27 heavy (non-hydrogen) atoms. The highest BCUT2D eigenvalue weighted by atomic mass is 16.2. The molecule has 0 bridgehead atoms. The van der Waals surface area contributed by atoms with Gasteiger partial charge in [0.2, 0.25) is 5.91 Å². The maximum absolute atomic E-state index is 12.6. The van der Waals surface area contributed by atoms with Crippen LogP contribution in [0, 0.1) is 6.92 Å². The minimum Gasteiger partial charge on any atom is -0.351 e. The number of carbonyl (C=O) groups is 1. The number of guanidine groups is 1. The lowest BCUT2D eigenvalue weighted by atomic mass is 10.2. The van der Waals surface area contributed by atoms with Gasteiger partial charge in [0.15, 0.2) is 5.96 Å². The van der Waals surface area contributed by atoms with Gasteiger partial charge in [-0.25, -0.2) is 0 Å². The maximum Gasteiger partial charge on any atom is 0.239 e. The first-order valence-corrected chi connectivity index (χ1v) is 9.99. The van der Waals surface area contributed by atoms with Crippen LogP contribution in [0.4, 0.5) is 0 Å². The normalized spacial score (nSPS) is 20.0. The van der Waals surface area contributed by atoms with Crippen molar-refractivity contribution < 1.29 is 4.79 Å². The van der Waals surface area contributed by atoms with Crippen LogP contribution in [0.3, 0.4) is 0 Å². The van der Waals surface area contributed by atoms with Gasteiger partial charge in [-0.15, -0.1) is 0 Å². The van der Waals surface area contributed by atoms with Crippen LogP contribution < -0.4 is 5.32 Å². The van der Waals surface area contributed by atoms with Gasteiger partial charge in [0, 0.05) is 52.5 Å². The van der Waals surface area contributed by atoms with Crippen molar-refractivity contribution >= 4 is 11.9 Å². The smallest absolute Gasteiger partial charge is 0.239 e. The van der Waals surface area contributed by atoms with Gasteiger partial charge < -0.3 is 15.1 Å². The van der Waals surface area contributed by atoms with E-state index in [0.717, 1.165) is 63.8 Å². The molecule has 7 heteroatoms. The molecule has 0 radical (unpaired) electrons. The molecule has 2 aliphatic heterocycles. The second-order valence-corrected chi connectivity index (χ2v) is 7.40. The number of aryl methyl sites for hydroxylation is 1. The number of aliphatic imine (C=N–C) groups is 1. The zero-order chi connectivity index (χ0) is 19.2. The molecule has 1 aromatic heterocycles. The van der Waals surface area contributed by atoms with E-state index in [-0.39, 0.29) is 11.9 Å². The minimum absolute atomic E-state index is 0.0311. The average Bonchev–Trinajstić information content (AvgIpc) is 3.24. The fraction of sp³-hybridized carbons (Fsp3) is 0.650. The van der Waals surface area contributed by atoms with Gasteiger partial charge in [0.05, 0.1) is 18.3 Å². The summed E-state index contributed by atoms with van der Waals surface area (Å²) in [4.78, 5) is 28.1. The molecule has 0 saturated carbocycles. The number of amides is 1. The Morgan fingerprint density at radius 2 is 1.89 bits per heavy atom. The Bertz CT molecular complexity index is 662. The number of likely N-dealkylation sites (tertiary alicyclic amines) is 1. The Labute approximate surface area is 162 Å². The van der Waals surface area contributed by atoms with E-state index in [1.807, 2.05) is 31.1 Å². The van der Waals surface area contributed by atoms with Crippen LogP contribution in [0.15, 0.2) is 23.3 Å². The zero-order valence-corrected chi connectivity index (χ0v) is 16.8. The number of piperazine rings is 1. The Morgan fingerprint density at radius 3 is 2.52 bits per heavy atom. The number of nitrogens with one attached hydrogen (secondary N) is 1. The quantitative estimate of drug-likeness (QED) is 0.633. The lowest BCUT2D eigenvalue weighted by molar-refractivity contribution is -0.135. The van der Waals surface area contributed by atoms with E-state index in [1.165, 1.54) is 5.56 Å². The summed E-state index contributed by atoms with van der Waals surface area (Å²) in [5.41, 5.74) is 2.22. The van der Waals surface area contributed by atoms with Crippen LogP contribution in [-0.4, -0.2) is 83.9 Å². The highest BCUT2D eigenvalue weighted by Gasteiger charge is 2.30. The summed E-state index contributed by atoms with van der Waals surface area (Å²) in [6.07, 6.45) is 4.11. The van der Waals surface area contributed by atoms with Crippen molar-refractivity contribution in [1.29, 1.82) is 0 Å². The topological polar surface area (TPSA) is 64.1 Å². The molecule has 0 aromatic carbocycles. The third-order valence-corrected chi connectivity index (χ3v) is 5.68. The fourth-order valence-corrected chi connectivity index (χ4v) is 3.88. The molecule has 1 unspecified atom stereocenters. The molecular formula is C20H32N6O. The summed E-state index contributed by atoms with van der Waals surface area (Å²) in [6.45, 7) is 10.1. The molecule has 1 N–H and O–H groups in total. The first-order valence-electron chi connectivity index (χ1n) is 9.99. The van der Waals surface area contributed by atoms with Crippen LogP contribution >= 0.6 is 0 Å². The molecule has 1 atom stereocenters. The van der Waals surface area contributed by atoms with E-state index in [1.54, 1.807) is 0 Å². The number of hydrogen-bond acceptors (Lipinski definition) is 4. The maximum atomic E-state index is 12.6. The van der Waals surface area contributed by atoms with Gasteiger partial charge in [-0.3, -0.25) is 19.7 Å². The number of pyridine rings is 1. The standard InChI is InChI=1S/C20H32N6O/c1-16-7-6-8-22-18(16)15-23-20(21-3)26-13-11-24(12-14-26)17(2)19(27)25-9-4-5-10-25/h6-8,17H,4-5,9-15H2,1-3H3,(H,21,23). The first-order chi connectivity index (χ1) is 13.1. The average molecular weight is 373 g/mol. The molecule has 0 spiro atoms. The number of hydrogen-bond donors (Lipinski definition) is 1. The van der Waals surface area contributed by atoms with E-state index in [4.69, 9.17) is 0 Å². The SMILES string of the molecule is CN=C(NCc1ncccc1C)N1CCN(C(C)C(=O)N2CCCC2)CC1. The zero-order valence-electron chi connectivity index (χ0n) is 16.8. The van der Waals surface area contributed by atoms with Crippen LogP contribution in [0.2, 0.25) is 0 Å². The van der Waals surface area contributed by atoms with E-state index < -0.39 is 0 Å². The number of rotatable bonds is 4. The molecule has 148 valence electrons. The predicted octanol–water partition coefficient (Wildman–Crippen LogP) is 1.09. The van der Waals surface area contributed by atoms with Crippen molar-refractivity contribution in [3.63, 3.8) is 0 Å². The van der Waals surface area contributed by atoms with Gasteiger partial charge in [0.25, 0.3) is 0 Å². The third-order valence-electron chi connectivity index (χ3n) is 5.68. The van der Waals surface area contributed by atoms with Gasteiger partial charge >= 0.3 is 0 Å². The highest BCUT2D eigenvalue weighted by molar-refractivity contribution is 5.82. The van der Waals surface area contributed by atoms with E-state index in [9.17, 15) is 4.79 Å². The summed E-state index contributed by atoms with van der Waals surface area (Å²) in [5, 5.41) is 3.43. The van der Waals surface area contributed by atoms with Crippen molar-refractivity contribution in [1.82, 2.24) is 25.0 Å². The Hall–Kier alpha value is -2.15. The van der Waals surface area contributed by atoms with Crippen molar-refractivity contribution in [2.24, 2.45) is 4.99 Å².